The zero-order valence-corrected chi connectivity index (χ0v) is 13.7. The van der Waals surface area contributed by atoms with Gasteiger partial charge in [-0.3, -0.25) is 4.79 Å². The lowest BCUT2D eigenvalue weighted by molar-refractivity contribution is -0.150. The van der Waals surface area contributed by atoms with Gasteiger partial charge in [0.2, 0.25) is 0 Å². The molecule has 2 rings (SSSR count). The second-order valence-electron chi connectivity index (χ2n) is 5.69. The van der Waals surface area contributed by atoms with Crippen LogP contribution in [0.3, 0.4) is 0 Å². The van der Waals surface area contributed by atoms with Crippen molar-refractivity contribution in [2.24, 2.45) is 5.92 Å². The van der Waals surface area contributed by atoms with E-state index in [2.05, 4.69) is 17.2 Å². The normalized spacial score (nSPS) is 20.5. The molecule has 24 heavy (non-hydrogen) atoms. The van der Waals surface area contributed by atoms with Crippen molar-refractivity contribution >= 4 is 12.0 Å². The Balaban J connectivity index is 2.14. The molecule has 2 amide bonds. The first-order valence-corrected chi connectivity index (χ1v) is 7.69. The van der Waals surface area contributed by atoms with Crippen molar-refractivity contribution in [3.05, 3.63) is 47.9 Å². The van der Waals surface area contributed by atoms with Crippen LogP contribution >= 0.6 is 0 Å². The van der Waals surface area contributed by atoms with Crippen molar-refractivity contribution in [1.82, 2.24) is 10.6 Å². The summed E-state index contributed by atoms with van der Waals surface area (Å²) in [7, 11) is 0. The van der Waals surface area contributed by atoms with E-state index in [-0.39, 0.29) is 30.6 Å². The summed E-state index contributed by atoms with van der Waals surface area (Å²) in [4.78, 5) is 24.1. The minimum Gasteiger partial charge on any atom is -0.463 e. The third-order valence-electron chi connectivity index (χ3n) is 3.54. The zero-order chi connectivity index (χ0) is 17.7. The lowest BCUT2D eigenvalue weighted by Gasteiger charge is -2.33. The first-order chi connectivity index (χ1) is 11.4. The molecule has 0 aliphatic carbocycles. The fourth-order valence-electron chi connectivity index (χ4n) is 2.46. The maximum absolute atomic E-state index is 14.1. The average molecular weight is 336 g/mol. The van der Waals surface area contributed by atoms with E-state index in [0.29, 0.717) is 0 Å². The number of hydrogen-bond donors (Lipinski definition) is 2. The monoisotopic (exact) mass is 336 g/mol. The summed E-state index contributed by atoms with van der Waals surface area (Å²) >= 11 is 0. The maximum Gasteiger partial charge on any atom is 0.319 e. The van der Waals surface area contributed by atoms with Crippen LogP contribution in [0.1, 0.15) is 25.5 Å². The molecule has 2 N–H and O–H groups in total. The van der Waals surface area contributed by atoms with Crippen molar-refractivity contribution in [1.29, 1.82) is 0 Å². The van der Waals surface area contributed by atoms with E-state index in [1.54, 1.807) is 6.07 Å². The average Bonchev–Trinajstić information content (AvgIpc) is 2.51. The van der Waals surface area contributed by atoms with Gasteiger partial charge >= 0.3 is 12.0 Å². The van der Waals surface area contributed by atoms with E-state index < -0.39 is 29.8 Å². The Labute approximate surface area is 140 Å². The van der Waals surface area contributed by atoms with Gasteiger partial charge in [-0.25, -0.2) is 9.18 Å². The largest absolute Gasteiger partial charge is 0.463 e. The minimum atomic E-state index is -0.932. The molecule has 1 aromatic carbocycles. The van der Waals surface area contributed by atoms with Crippen molar-refractivity contribution in [2.45, 2.75) is 26.0 Å². The van der Waals surface area contributed by atoms with Crippen LogP contribution in [0, 0.1) is 11.7 Å². The smallest absolute Gasteiger partial charge is 0.319 e. The summed E-state index contributed by atoms with van der Waals surface area (Å²) in [5, 5.41) is 5.00. The van der Waals surface area contributed by atoms with Crippen LogP contribution in [0.15, 0.2) is 36.5 Å². The van der Waals surface area contributed by atoms with Crippen LogP contribution in [0.5, 0.6) is 0 Å². The number of urea groups is 1. The molecule has 1 fully saturated rings. The van der Waals surface area contributed by atoms with E-state index in [1.165, 1.54) is 18.2 Å². The topological polar surface area (TPSA) is 76.7 Å². The van der Waals surface area contributed by atoms with Gasteiger partial charge < -0.3 is 20.1 Å². The van der Waals surface area contributed by atoms with Crippen LogP contribution in [0.25, 0.3) is 0 Å². The highest BCUT2D eigenvalue weighted by Gasteiger charge is 2.39. The van der Waals surface area contributed by atoms with E-state index in [1.807, 2.05) is 13.8 Å². The zero-order valence-electron chi connectivity index (χ0n) is 13.7. The Bertz CT molecular complexity index is 633. The van der Waals surface area contributed by atoms with Crippen LogP contribution < -0.4 is 10.6 Å². The van der Waals surface area contributed by atoms with Crippen LogP contribution in [0.4, 0.5) is 9.18 Å². The number of carbonyl (C=O) groups is 2. The molecule has 0 bridgehead atoms. The summed E-state index contributed by atoms with van der Waals surface area (Å²) < 4.78 is 24.6. The minimum absolute atomic E-state index is 0.0282. The number of esters is 1. The van der Waals surface area contributed by atoms with Gasteiger partial charge in [-0.05, 0) is 19.9 Å². The quantitative estimate of drug-likeness (QED) is 0.617. The van der Waals surface area contributed by atoms with Crippen LogP contribution in [0.2, 0.25) is 0 Å². The number of benzene rings is 1. The fourth-order valence-corrected chi connectivity index (χ4v) is 2.46. The van der Waals surface area contributed by atoms with Gasteiger partial charge in [0, 0.05) is 11.3 Å². The van der Waals surface area contributed by atoms with Gasteiger partial charge in [0.05, 0.1) is 18.8 Å². The first kappa shape index (κ1) is 17.9. The van der Waals surface area contributed by atoms with Crippen molar-refractivity contribution in [3.63, 3.8) is 0 Å². The predicted octanol–water partition coefficient (Wildman–Crippen LogP) is 2.28. The van der Waals surface area contributed by atoms with E-state index >= 15 is 0 Å². The van der Waals surface area contributed by atoms with Gasteiger partial charge in [0.1, 0.15) is 18.3 Å². The van der Waals surface area contributed by atoms with Crippen LogP contribution in [-0.4, -0.2) is 31.3 Å². The molecule has 6 nitrogen and oxygen atoms in total. The molecule has 1 saturated heterocycles. The van der Waals surface area contributed by atoms with Gasteiger partial charge in [-0.2, -0.15) is 0 Å². The lowest BCUT2D eigenvalue weighted by atomic mass is 9.89. The highest BCUT2D eigenvalue weighted by atomic mass is 19.1. The van der Waals surface area contributed by atoms with E-state index in [9.17, 15) is 14.0 Å². The van der Waals surface area contributed by atoms with Gasteiger partial charge in [0.25, 0.3) is 0 Å². The molecule has 0 radical (unpaired) electrons. The third kappa shape index (κ3) is 4.32. The molecule has 1 aliphatic heterocycles. The summed E-state index contributed by atoms with van der Waals surface area (Å²) in [6.45, 7) is 7.77. The number of rotatable bonds is 6. The second-order valence-corrected chi connectivity index (χ2v) is 5.69. The summed E-state index contributed by atoms with van der Waals surface area (Å²) in [5.74, 6) is -2.05. The molecule has 1 aliphatic rings. The van der Waals surface area contributed by atoms with E-state index in [4.69, 9.17) is 9.47 Å². The predicted molar refractivity (Wildman–Crippen MR) is 85.5 cm³/mol. The van der Waals surface area contributed by atoms with Crippen molar-refractivity contribution in [2.75, 3.05) is 13.2 Å². The number of amides is 2. The number of nitrogens with one attached hydrogen (secondary N) is 2. The maximum atomic E-state index is 14.1. The molecular formula is C17H21FN2O4. The number of ether oxygens (including phenoxy) is 2. The Morgan fingerprint density at radius 3 is 2.71 bits per heavy atom. The van der Waals surface area contributed by atoms with Crippen LogP contribution in [-0.2, 0) is 14.3 Å². The number of hydrogen-bond acceptors (Lipinski definition) is 4. The molecule has 2 atom stereocenters. The molecule has 1 aromatic rings. The molecule has 7 heteroatoms. The lowest BCUT2D eigenvalue weighted by Crippen LogP contribution is -2.51. The second kappa shape index (κ2) is 7.92. The first-order valence-electron chi connectivity index (χ1n) is 7.69. The number of carbonyl (C=O) groups excluding carboxylic acids is 2. The SMILES string of the molecule is C=C1NC(=O)N[C@@H](c2ccccc2F)[C@@H]1C(=O)OCCOC(C)C. The highest BCUT2D eigenvalue weighted by molar-refractivity contribution is 5.85. The highest BCUT2D eigenvalue weighted by Crippen LogP contribution is 2.31. The summed E-state index contributed by atoms with van der Waals surface area (Å²) in [6.07, 6.45) is 0.0282. The molecule has 0 saturated carbocycles. The van der Waals surface area contributed by atoms with Crippen molar-refractivity contribution in [3.8, 4) is 0 Å². The Kier molecular flexibility index (Phi) is 5.92. The summed E-state index contributed by atoms with van der Waals surface area (Å²) in [6, 6.07) is 4.53. The standard InChI is InChI=1S/C17H21FN2O4/c1-10(2)23-8-9-24-16(21)14-11(3)19-17(22)20-15(14)12-6-4-5-7-13(12)18/h4-7,10,14-15H,3,8-9H2,1-2H3,(H2,19,20,22)/t14-,15+/m1/s1. The van der Waals surface area contributed by atoms with Crippen molar-refractivity contribution < 1.29 is 23.5 Å². The van der Waals surface area contributed by atoms with Gasteiger partial charge in [-0.15, -0.1) is 0 Å². The summed E-state index contributed by atoms with van der Waals surface area (Å²) in [5.41, 5.74) is 0.371. The number of halogens is 1. The van der Waals surface area contributed by atoms with E-state index in [0.717, 1.165) is 0 Å². The Morgan fingerprint density at radius 1 is 1.33 bits per heavy atom. The fraction of sp³-hybridized carbons (Fsp3) is 0.412. The molecular weight excluding hydrogens is 315 g/mol. The third-order valence-corrected chi connectivity index (χ3v) is 3.54. The van der Waals surface area contributed by atoms with Gasteiger partial charge in [-0.1, -0.05) is 24.8 Å². The molecule has 130 valence electrons. The van der Waals surface area contributed by atoms with Gasteiger partial charge in [0.15, 0.2) is 0 Å². The molecule has 0 unspecified atom stereocenters. The molecule has 0 spiro atoms. The molecule has 0 aromatic heterocycles. The Morgan fingerprint density at radius 2 is 2.04 bits per heavy atom. The Hall–Kier alpha value is -2.41. The molecule has 1 heterocycles.